The molecule has 6 heteroatoms. The van der Waals surface area contributed by atoms with Gasteiger partial charge in [0.15, 0.2) is 0 Å². The molecule has 0 atom stereocenters. The minimum atomic E-state index is -3.57. The number of aryl methyl sites for hydroxylation is 3. The van der Waals surface area contributed by atoms with E-state index in [2.05, 4.69) is 122 Å². The van der Waals surface area contributed by atoms with Crippen LogP contribution in [0.1, 0.15) is 55.2 Å². The predicted octanol–water partition coefficient (Wildman–Crippen LogP) is 9.35. The van der Waals surface area contributed by atoms with Gasteiger partial charge >= 0.3 is 251 Å². The van der Waals surface area contributed by atoms with Gasteiger partial charge in [-0.25, -0.2) is 0 Å². The Morgan fingerprint density at radius 3 is 1.52 bits per heavy atom. The third-order valence-electron chi connectivity index (χ3n) is 8.93. The van der Waals surface area contributed by atoms with Crippen molar-refractivity contribution >= 4 is 50.3 Å². The second-order valence-electron chi connectivity index (χ2n) is 12.9. The molecule has 0 aliphatic carbocycles. The molecule has 0 aliphatic rings. The van der Waals surface area contributed by atoms with Crippen molar-refractivity contribution in [3.63, 3.8) is 0 Å². The standard InChI is InChI=1S/C38H50BrO3PSi/c1-30-13-20-34(21-14-30)43(39,35-22-15-31(2)16-23-35,36-24-17-32(3)18-25-36)38-29-33(40)19-26-37(38)42-27-11-9-7-8-10-12-28-44(5,6)41-4/h13-26,29,40H,7-12,27-28H2,1-6H3. The maximum atomic E-state index is 11.0. The molecule has 0 aromatic heterocycles. The molecule has 0 amide bonds. The quantitative estimate of drug-likeness (QED) is 0.0767. The average Bonchev–Trinajstić information content (AvgIpc) is 3.01. The van der Waals surface area contributed by atoms with E-state index >= 15 is 0 Å². The molecule has 0 radical (unpaired) electrons. The second kappa shape index (κ2) is 14.8. The zero-order valence-corrected chi connectivity index (χ0v) is 30.9. The SMILES string of the molecule is CO[Si](C)(C)CCCCCCCCOc1ccc(O)cc1P(Br)(c1ccc(C)cc1)(c1ccc(C)cc1)c1ccc(C)cc1. The van der Waals surface area contributed by atoms with Crippen LogP contribution in [0.15, 0.2) is 91.0 Å². The van der Waals surface area contributed by atoms with E-state index in [1.54, 1.807) is 6.07 Å². The van der Waals surface area contributed by atoms with Crippen LogP contribution < -0.4 is 26.0 Å². The van der Waals surface area contributed by atoms with Crippen LogP contribution in [0.2, 0.25) is 19.1 Å². The van der Waals surface area contributed by atoms with Crippen molar-refractivity contribution in [2.24, 2.45) is 0 Å². The van der Waals surface area contributed by atoms with Crippen LogP contribution in [0.3, 0.4) is 0 Å². The van der Waals surface area contributed by atoms with E-state index in [0.29, 0.717) is 6.61 Å². The molecule has 44 heavy (non-hydrogen) atoms. The van der Waals surface area contributed by atoms with E-state index in [4.69, 9.17) is 9.16 Å². The summed E-state index contributed by atoms with van der Waals surface area (Å²) in [6.07, 6.45) is 7.14. The van der Waals surface area contributed by atoms with Crippen LogP contribution in [0.25, 0.3) is 0 Å². The first-order chi connectivity index (χ1) is 21.0. The van der Waals surface area contributed by atoms with Gasteiger partial charge in [0.1, 0.15) is 0 Å². The summed E-state index contributed by atoms with van der Waals surface area (Å²) >= 11 is 4.59. The van der Waals surface area contributed by atoms with Crippen molar-refractivity contribution in [3.05, 3.63) is 108 Å². The molecule has 4 aromatic rings. The Balaban J connectivity index is 1.70. The molecule has 1 N–H and O–H groups in total. The van der Waals surface area contributed by atoms with Crippen LogP contribution in [0.5, 0.6) is 11.5 Å². The van der Waals surface area contributed by atoms with Crippen molar-refractivity contribution < 1.29 is 14.3 Å². The predicted molar refractivity (Wildman–Crippen MR) is 199 cm³/mol. The van der Waals surface area contributed by atoms with Gasteiger partial charge in [-0.05, 0) is 13.1 Å². The Kier molecular flexibility index (Phi) is 11.6. The molecule has 3 nitrogen and oxygen atoms in total. The van der Waals surface area contributed by atoms with Crippen LogP contribution in [-0.4, -0.2) is 27.1 Å². The zero-order chi connectivity index (χ0) is 31.8. The van der Waals surface area contributed by atoms with E-state index in [1.165, 1.54) is 64.3 Å². The Hall–Kier alpha value is -2.43. The van der Waals surface area contributed by atoms with Crippen molar-refractivity contribution in [3.8, 4) is 11.5 Å². The molecule has 4 rings (SSSR count). The second-order valence-corrected chi connectivity index (χ2v) is 25.6. The summed E-state index contributed by atoms with van der Waals surface area (Å²) in [6.45, 7) is 11.6. The monoisotopic (exact) mass is 692 g/mol. The summed E-state index contributed by atoms with van der Waals surface area (Å²) in [7, 11) is 0.411. The van der Waals surface area contributed by atoms with Gasteiger partial charge < -0.3 is 4.43 Å². The number of unbranched alkanes of at least 4 members (excludes halogenated alkanes) is 5. The van der Waals surface area contributed by atoms with Crippen molar-refractivity contribution in [2.45, 2.75) is 78.4 Å². The van der Waals surface area contributed by atoms with Crippen molar-refractivity contribution in [1.82, 2.24) is 0 Å². The van der Waals surface area contributed by atoms with Gasteiger partial charge in [-0.1, -0.05) is 0 Å². The van der Waals surface area contributed by atoms with Crippen LogP contribution >= 0.6 is 20.8 Å². The van der Waals surface area contributed by atoms with Crippen LogP contribution in [-0.2, 0) is 4.43 Å². The fourth-order valence-corrected chi connectivity index (χ4v) is 15.0. The van der Waals surface area contributed by atoms with E-state index in [0.717, 1.165) is 23.9 Å². The van der Waals surface area contributed by atoms with Gasteiger partial charge in [0.2, 0.25) is 0 Å². The van der Waals surface area contributed by atoms with Crippen LogP contribution in [0.4, 0.5) is 0 Å². The summed E-state index contributed by atoms with van der Waals surface area (Å²) in [5, 5.41) is 11.9. The molecule has 0 spiro atoms. The number of benzene rings is 4. The molecule has 0 saturated heterocycles. The van der Waals surface area contributed by atoms with E-state index in [9.17, 15) is 5.11 Å². The maximum absolute atomic E-state index is 11.0. The van der Waals surface area contributed by atoms with Gasteiger partial charge in [-0.3, -0.25) is 0 Å². The van der Waals surface area contributed by atoms with Crippen molar-refractivity contribution in [1.29, 1.82) is 0 Å². The van der Waals surface area contributed by atoms with Crippen LogP contribution in [0, 0.1) is 20.8 Å². The van der Waals surface area contributed by atoms with Gasteiger partial charge in [0, 0.05) is 7.11 Å². The molecule has 0 unspecified atom stereocenters. The van der Waals surface area contributed by atoms with Gasteiger partial charge in [-0.2, -0.15) is 0 Å². The molecule has 0 fully saturated rings. The molecular weight excluding hydrogens is 643 g/mol. The zero-order valence-electron chi connectivity index (χ0n) is 27.4. The molecule has 0 heterocycles. The fourth-order valence-electron chi connectivity index (χ4n) is 5.94. The number of phenols is 1. The van der Waals surface area contributed by atoms with Gasteiger partial charge in [-0.15, -0.1) is 0 Å². The fraction of sp³-hybridized carbons (Fsp3) is 0.368. The summed E-state index contributed by atoms with van der Waals surface area (Å²) in [5.74, 6) is 1.04. The van der Waals surface area contributed by atoms with Gasteiger partial charge in [0.05, 0.1) is 0 Å². The van der Waals surface area contributed by atoms with Crippen molar-refractivity contribution in [2.75, 3.05) is 13.7 Å². The third kappa shape index (κ3) is 7.50. The summed E-state index contributed by atoms with van der Waals surface area (Å²) in [6, 6.07) is 33.4. The minimum absolute atomic E-state index is 0.229. The molecular formula is C38H50BrO3PSi. The summed E-state index contributed by atoms with van der Waals surface area (Å²) in [4.78, 5) is 0. The number of hydrogen-bond donors (Lipinski definition) is 1. The first-order valence-corrected chi connectivity index (χ1v) is 23.3. The third-order valence-corrected chi connectivity index (χ3v) is 21.5. The first-order valence-electron chi connectivity index (χ1n) is 15.9. The average molecular weight is 694 g/mol. The topological polar surface area (TPSA) is 38.7 Å². The van der Waals surface area contributed by atoms with E-state index in [1.807, 2.05) is 19.2 Å². The molecule has 4 aromatic carbocycles. The Morgan fingerprint density at radius 2 is 1.07 bits per heavy atom. The normalized spacial score (nSPS) is 12.9. The molecule has 0 aliphatic heterocycles. The van der Waals surface area contributed by atoms with Gasteiger partial charge in [0.25, 0.3) is 0 Å². The number of halogens is 1. The number of phenolic OH excluding ortho intramolecular Hbond substituents is 1. The number of hydrogen-bond acceptors (Lipinski definition) is 3. The number of ether oxygens (including phenoxy) is 1. The number of aromatic hydroxyl groups is 1. The Labute approximate surface area is 274 Å². The first kappa shape index (κ1) is 34.4. The molecule has 0 saturated carbocycles. The Morgan fingerprint density at radius 1 is 0.636 bits per heavy atom. The summed E-state index contributed by atoms with van der Waals surface area (Å²) in [5.41, 5.74) is 3.61. The summed E-state index contributed by atoms with van der Waals surface area (Å²) < 4.78 is 12.4. The molecule has 236 valence electrons. The van der Waals surface area contributed by atoms with E-state index < -0.39 is 13.6 Å². The number of rotatable bonds is 15. The van der Waals surface area contributed by atoms with E-state index in [-0.39, 0.29) is 5.75 Å². The Bertz CT molecular complexity index is 1390. The molecule has 0 bridgehead atoms.